The molecule has 3 rings (SSSR count). The molecule has 0 atom stereocenters. The average molecular weight is 511 g/mol. The maximum absolute atomic E-state index is 4.70. The second kappa shape index (κ2) is 10.8. The molecule has 0 saturated carbocycles. The van der Waals surface area contributed by atoms with Crippen molar-refractivity contribution in [1.29, 1.82) is 0 Å². The van der Waals surface area contributed by atoms with Gasteiger partial charge in [-0.25, -0.2) is 4.98 Å². The fourth-order valence-corrected chi connectivity index (χ4v) is 4.27. The minimum atomic E-state index is 0. The van der Waals surface area contributed by atoms with Crippen molar-refractivity contribution in [2.75, 3.05) is 20.1 Å². The molecule has 3 N–H and O–H groups in total. The Morgan fingerprint density at radius 3 is 2.61 bits per heavy atom. The third kappa shape index (κ3) is 5.70. The van der Waals surface area contributed by atoms with Crippen molar-refractivity contribution < 1.29 is 0 Å². The number of aliphatic imine (C=N–C) groups is 1. The summed E-state index contributed by atoms with van der Waals surface area (Å²) in [7, 11) is 1.81. The summed E-state index contributed by atoms with van der Waals surface area (Å²) in [6.45, 7) is 8.11. The lowest BCUT2D eigenvalue weighted by atomic mass is 10.1. The molecule has 0 unspecified atom stereocenters. The third-order valence-electron chi connectivity index (χ3n) is 4.74. The van der Waals surface area contributed by atoms with Gasteiger partial charge in [0.1, 0.15) is 0 Å². The Balaban J connectivity index is 0.00000280. The summed E-state index contributed by atoms with van der Waals surface area (Å²) < 4.78 is 0. The van der Waals surface area contributed by atoms with E-state index in [9.17, 15) is 0 Å². The van der Waals surface area contributed by atoms with Crippen molar-refractivity contribution in [2.24, 2.45) is 4.99 Å². The highest BCUT2D eigenvalue weighted by Gasteiger charge is 2.07. The second-order valence-corrected chi connectivity index (χ2v) is 8.04. The number of nitrogens with zero attached hydrogens (tertiary/aromatic N) is 2. The van der Waals surface area contributed by atoms with E-state index in [-0.39, 0.29) is 24.0 Å². The first kappa shape index (κ1) is 22.7. The largest absolute Gasteiger partial charge is 0.361 e. The molecule has 0 aliphatic heterocycles. The SMILES string of the molecule is CCc1nc(CCNC(=NC)NCCc2c[nH]c3cc(C)ccc23)sc1C.I. The minimum Gasteiger partial charge on any atom is -0.361 e. The maximum atomic E-state index is 4.70. The Morgan fingerprint density at radius 2 is 1.93 bits per heavy atom. The van der Waals surface area contributed by atoms with E-state index >= 15 is 0 Å². The zero-order valence-electron chi connectivity index (χ0n) is 17.1. The van der Waals surface area contributed by atoms with Crippen LogP contribution in [0.5, 0.6) is 0 Å². The topological polar surface area (TPSA) is 65.1 Å². The monoisotopic (exact) mass is 511 g/mol. The first-order valence-corrected chi connectivity index (χ1v) is 10.4. The second-order valence-electron chi connectivity index (χ2n) is 6.75. The van der Waals surface area contributed by atoms with Gasteiger partial charge in [-0.15, -0.1) is 35.3 Å². The van der Waals surface area contributed by atoms with Crippen LogP contribution in [0.4, 0.5) is 0 Å². The molecular weight excluding hydrogens is 481 g/mol. The van der Waals surface area contributed by atoms with Gasteiger partial charge in [-0.2, -0.15) is 0 Å². The van der Waals surface area contributed by atoms with Gasteiger partial charge in [-0.3, -0.25) is 4.99 Å². The minimum absolute atomic E-state index is 0. The first-order chi connectivity index (χ1) is 13.1. The van der Waals surface area contributed by atoms with E-state index < -0.39 is 0 Å². The lowest BCUT2D eigenvalue weighted by Crippen LogP contribution is -2.39. The Morgan fingerprint density at radius 1 is 1.18 bits per heavy atom. The number of hydrogen-bond donors (Lipinski definition) is 3. The Labute approximate surface area is 188 Å². The molecule has 7 heteroatoms. The Bertz CT molecular complexity index is 928. The van der Waals surface area contributed by atoms with E-state index in [0.717, 1.165) is 38.3 Å². The van der Waals surface area contributed by atoms with E-state index in [1.807, 2.05) is 7.05 Å². The first-order valence-electron chi connectivity index (χ1n) is 9.57. The molecule has 0 aliphatic rings. The van der Waals surface area contributed by atoms with Gasteiger partial charge >= 0.3 is 0 Å². The number of aromatic amines is 1. The smallest absolute Gasteiger partial charge is 0.191 e. The van der Waals surface area contributed by atoms with Crippen LogP contribution in [-0.2, 0) is 19.3 Å². The molecule has 0 amide bonds. The molecule has 0 radical (unpaired) electrons. The van der Waals surface area contributed by atoms with Gasteiger partial charge in [0.05, 0.1) is 10.7 Å². The van der Waals surface area contributed by atoms with Crippen molar-refractivity contribution in [1.82, 2.24) is 20.6 Å². The van der Waals surface area contributed by atoms with Crippen molar-refractivity contribution in [3.05, 3.63) is 51.1 Å². The number of halogens is 1. The lowest BCUT2D eigenvalue weighted by molar-refractivity contribution is 0.781. The molecule has 0 fully saturated rings. The van der Waals surface area contributed by atoms with Crippen LogP contribution in [-0.4, -0.2) is 36.1 Å². The maximum Gasteiger partial charge on any atom is 0.191 e. The molecule has 28 heavy (non-hydrogen) atoms. The summed E-state index contributed by atoms with van der Waals surface area (Å²) in [6.07, 6.45) is 4.99. The van der Waals surface area contributed by atoms with E-state index in [4.69, 9.17) is 4.98 Å². The molecule has 2 aromatic heterocycles. The zero-order valence-corrected chi connectivity index (χ0v) is 20.2. The molecule has 152 valence electrons. The summed E-state index contributed by atoms with van der Waals surface area (Å²) in [6, 6.07) is 6.55. The van der Waals surface area contributed by atoms with E-state index in [1.165, 1.54) is 37.6 Å². The number of aryl methyl sites for hydroxylation is 3. The van der Waals surface area contributed by atoms with Gasteiger partial charge in [0, 0.05) is 48.5 Å². The summed E-state index contributed by atoms with van der Waals surface area (Å²) in [5, 5.41) is 9.29. The molecule has 5 nitrogen and oxygen atoms in total. The summed E-state index contributed by atoms with van der Waals surface area (Å²) >= 11 is 1.80. The molecule has 0 spiro atoms. The van der Waals surface area contributed by atoms with Gasteiger partial charge in [0.2, 0.25) is 0 Å². The van der Waals surface area contributed by atoms with Crippen LogP contribution >= 0.6 is 35.3 Å². The van der Waals surface area contributed by atoms with Gasteiger partial charge in [-0.05, 0) is 43.9 Å². The van der Waals surface area contributed by atoms with Crippen LogP contribution in [0.15, 0.2) is 29.4 Å². The number of rotatable bonds is 7. The van der Waals surface area contributed by atoms with Gasteiger partial charge in [-0.1, -0.05) is 19.1 Å². The molecule has 0 aliphatic carbocycles. The van der Waals surface area contributed by atoms with Crippen LogP contribution in [0.2, 0.25) is 0 Å². The number of nitrogens with one attached hydrogen (secondary N) is 3. The fourth-order valence-electron chi connectivity index (χ4n) is 3.25. The number of fused-ring (bicyclic) bond motifs is 1. The highest BCUT2D eigenvalue weighted by Crippen LogP contribution is 2.20. The average Bonchev–Trinajstić information content (AvgIpc) is 3.22. The van der Waals surface area contributed by atoms with Crippen molar-refractivity contribution in [3.8, 4) is 0 Å². The summed E-state index contributed by atoms with van der Waals surface area (Å²) in [5.41, 5.74) is 5.04. The van der Waals surface area contributed by atoms with E-state index in [0.29, 0.717) is 0 Å². The zero-order chi connectivity index (χ0) is 19.2. The Kier molecular flexibility index (Phi) is 8.75. The molecule has 1 aromatic carbocycles. The van der Waals surface area contributed by atoms with Crippen molar-refractivity contribution in [3.63, 3.8) is 0 Å². The van der Waals surface area contributed by atoms with E-state index in [1.54, 1.807) is 11.3 Å². The van der Waals surface area contributed by atoms with Crippen LogP contribution in [0.25, 0.3) is 10.9 Å². The van der Waals surface area contributed by atoms with Crippen LogP contribution in [0.1, 0.15) is 33.6 Å². The van der Waals surface area contributed by atoms with Crippen LogP contribution in [0, 0.1) is 13.8 Å². The van der Waals surface area contributed by atoms with Crippen LogP contribution in [0.3, 0.4) is 0 Å². The molecular formula is C21H30IN5S. The number of guanidine groups is 1. The predicted octanol–water partition coefficient (Wildman–Crippen LogP) is 4.37. The number of H-pyrrole nitrogens is 1. The standard InChI is InChI=1S/C21H29N5S.HI/c1-5-18-15(3)27-20(26-18)9-11-24-21(22-4)23-10-8-16-13-25-19-12-14(2)6-7-17(16)19;/h6-7,12-13,25H,5,8-11H2,1-4H3,(H2,22,23,24);1H. The number of hydrogen-bond acceptors (Lipinski definition) is 3. The van der Waals surface area contributed by atoms with Crippen molar-refractivity contribution in [2.45, 2.75) is 40.0 Å². The lowest BCUT2D eigenvalue weighted by Gasteiger charge is -2.11. The number of aromatic nitrogens is 2. The van der Waals surface area contributed by atoms with Gasteiger partial charge in [0.15, 0.2) is 5.96 Å². The highest BCUT2D eigenvalue weighted by molar-refractivity contribution is 14.0. The fraction of sp³-hybridized carbons (Fsp3) is 0.429. The Hall–Kier alpha value is -1.61. The summed E-state index contributed by atoms with van der Waals surface area (Å²) in [5.74, 6) is 0.842. The molecule has 0 bridgehead atoms. The number of benzene rings is 1. The highest BCUT2D eigenvalue weighted by atomic mass is 127. The quantitative estimate of drug-likeness (QED) is 0.251. The third-order valence-corrected chi connectivity index (χ3v) is 5.81. The van der Waals surface area contributed by atoms with Crippen molar-refractivity contribution >= 4 is 52.2 Å². The van der Waals surface area contributed by atoms with E-state index in [2.05, 4.69) is 65.8 Å². The van der Waals surface area contributed by atoms with Crippen LogP contribution < -0.4 is 10.6 Å². The van der Waals surface area contributed by atoms with Gasteiger partial charge in [0.25, 0.3) is 0 Å². The molecule has 2 heterocycles. The normalized spacial score (nSPS) is 11.5. The number of thiazole rings is 1. The predicted molar refractivity (Wildman–Crippen MR) is 131 cm³/mol. The molecule has 0 saturated heterocycles. The van der Waals surface area contributed by atoms with Gasteiger partial charge < -0.3 is 15.6 Å². The molecule has 3 aromatic rings. The summed E-state index contributed by atoms with van der Waals surface area (Å²) in [4.78, 5) is 13.7.